The van der Waals surface area contributed by atoms with Crippen molar-refractivity contribution in [3.05, 3.63) is 41.6 Å². The molecule has 0 fully saturated rings. The van der Waals surface area contributed by atoms with E-state index in [-0.39, 0.29) is 0 Å². The number of allylic oxidation sites excluding steroid dienone is 2. The van der Waals surface area contributed by atoms with Crippen LogP contribution in [0.4, 0.5) is 5.69 Å². The first-order chi connectivity index (χ1) is 6.84. The van der Waals surface area contributed by atoms with E-state index in [4.69, 9.17) is 0 Å². The lowest BCUT2D eigenvalue weighted by molar-refractivity contribution is 0.704. The molecule has 0 spiro atoms. The van der Waals surface area contributed by atoms with Gasteiger partial charge in [-0.25, -0.2) is 0 Å². The molecule has 0 aromatic heterocycles. The summed E-state index contributed by atoms with van der Waals surface area (Å²) in [5.74, 6) is 0. The first-order valence-corrected chi connectivity index (χ1v) is 5.37. The molecule has 1 aliphatic carbocycles. The zero-order chi connectivity index (χ0) is 9.80. The predicted octanol–water partition coefficient (Wildman–Crippen LogP) is 3.86. The third kappa shape index (κ3) is 2.38. The Hall–Kier alpha value is -1.24. The van der Waals surface area contributed by atoms with Gasteiger partial charge in [-0.05, 0) is 44.7 Å². The van der Waals surface area contributed by atoms with Crippen LogP contribution in [0.25, 0.3) is 0 Å². The fourth-order valence-corrected chi connectivity index (χ4v) is 1.77. The van der Waals surface area contributed by atoms with E-state index in [1.807, 2.05) is 0 Å². The summed E-state index contributed by atoms with van der Waals surface area (Å²) >= 11 is 0. The highest BCUT2D eigenvalue weighted by molar-refractivity contribution is 5.49. The lowest BCUT2D eigenvalue weighted by Gasteiger charge is -2.14. The van der Waals surface area contributed by atoms with Crippen molar-refractivity contribution in [2.45, 2.75) is 32.6 Å². The van der Waals surface area contributed by atoms with E-state index >= 15 is 0 Å². The Kier molecular flexibility index (Phi) is 2.87. The fraction of sp³-hybridized carbons (Fsp3) is 0.385. The Morgan fingerprint density at radius 3 is 2.50 bits per heavy atom. The molecular formula is C13H17N. The molecule has 2 rings (SSSR count). The standard InChI is InChI=1S/C13H17N/c1-11-7-9-13(10-8-11)14-12-5-3-2-4-6-12/h5,7-10,14H,2-4,6H2,1H3. The third-order valence-electron chi connectivity index (χ3n) is 2.65. The first kappa shape index (κ1) is 9.32. The summed E-state index contributed by atoms with van der Waals surface area (Å²) in [5.41, 5.74) is 3.91. The maximum Gasteiger partial charge on any atom is 0.0381 e. The molecule has 1 nitrogen and oxygen atoms in total. The minimum Gasteiger partial charge on any atom is -0.359 e. The molecule has 0 aliphatic heterocycles. The van der Waals surface area contributed by atoms with Crippen LogP contribution in [0.15, 0.2) is 36.0 Å². The van der Waals surface area contributed by atoms with Crippen molar-refractivity contribution in [1.82, 2.24) is 0 Å². The lowest BCUT2D eigenvalue weighted by atomic mass is 10.0. The molecular weight excluding hydrogens is 170 g/mol. The molecule has 1 aromatic rings. The van der Waals surface area contributed by atoms with Crippen LogP contribution < -0.4 is 5.32 Å². The normalized spacial score (nSPS) is 16.2. The van der Waals surface area contributed by atoms with Crippen LogP contribution in [0.3, 0.4) is 0 Å². The summed E-state index contributed by atoms with van der Waals surface area (Å²) < 4.78 is 0. The van der Waals surface area contributed by atoms with Crippen LogP contribution in [0.1, 0.15) is 31.2 Å². The summed E-state index contributed by atoms with van der Waals surface area (Å²) in [6.45, 7) is 2.11. The number of hydrogen-bond donors (Lipinski definition) is 1. The Morgan fingerprint density at radius 1 is 1.07 bits per heavy atom. The maximum atomic E-state index is 3.47. The van der Waals surface area contributed by atoms with Crippen LogP contribution in [0.2, 0.25) is 0 Å². The van der Waals surface area contributed by atoms with Crippen molar-refractivity contribution in [2.75, 3.05) is 5.32 Å². The smallest absolute Gasteiger partial charge is 0.0381 e. The van der Waals surface area contributed by atoms with Gasteiger partial charge in [0.2, 0.25) is 0 Å². The van der Waals surface area contributed by atoms with E-state index in [2.05, 4.69) is 42.6 Å². The predicted molar refractivity (Wildman–Crippen MR) is 61.4 cm³/mol. The minimum atomic E-state index is 1.20. The van der Waals surface area contributed by atoms with Crippen LogP contribution >= 0.6 is 0 Å². The van der Waals surface area contributed by atoms with Crippen LogP contribution in [-0.4, -0.2) is 0 Å². The number of nitrogens with one attached hydrogen (secondary N) is 1. The molecule has 1 heteroatoms. The largest absolute Gasteiger partial charge is 0.359 e. The van der Waals surface area contributed by atoms with Gasteiger partial charge in [-0.3, -0.25) is 0 Å². The van der Waals surface area contributed by atoms with E-state index in [1.54, 1.807) is 0 Å². The zero-order valence-electron chi connectivity index (χ0n) is 8.72. The Balaban J connectivity index is 2.03. The summed E-state index contributed by atoms with van der Waals surface area (Å²) in [4.78, 5) is 0. The van der Waals surface area contributed by atoms with Crippen molar-refractivity contribution in [2.24, 2.45) is 0 Å². The highest BCUT2D eigenvalue weighted by Gasteiger charge is 2.02. The molecule has 0 atom stereocenters. The van der Waals surface area contributed by atoms with Gasteiger partial charge in [0.1, 0.15) is 0 Å². The van der Waals surface area contributed by atoms with Crippen LogP contribution in [0.5, 0.6) is 0 Å². The van der Waals surface area contributed by atoms with Gasteiger partial charge >= 0.3 is 0 Å². The second-order valence-corrected chi connectivity index (χ2v) is 3.97. The quantitative estimate of drug-likeness (QED) is 0.741. The van der Waals surface area contributed by atoms with E-state index in [9.17, 15) is 0 Å². The zero-order valence-corrected chi connectivity index (χ0v) is 8.72. The number of rotatable bonds is 2. The van der Waals surface area contributed by atoms with Gasteiger partial charge in [0.15, 0.2) is 0 Å². The molecule has 0 saturated carbocycles. The van der Waals surface area contributed by atoms with Crippen molar-refractivity contribution < 1.29 is 0 Å². The van der Waals surface area contributed by atoms with E-state index in [0.717, 1.165) is 0 Å². The summed E-state index contributed by atoms with van der Waals surface area (Å²) in [5, 5.41) is 3.47. The average Bonchev–Trinajstić information content (AvgIpc) is 2.23. The first-order valence-electron chi connectivity index (χ1n) is 5.37. The summed E-state index contributed by atoms with van der Waals surface area (Å²) in [6, 6.07) is 8.58. The Morgan fingerprint density at radius 2 is 1.86 bits per heavy atom. The SMILES string of the molecule is Cc1ccc(NC2=CCCCC2)cc1. The second-order valence-electron chi connectivity index (χ2n) is 3.97. The van der Waals surface area contributed by atoms with Gasteiger partial charge in [-0.15, -0.1) is 0 Å². The van der Waals surface area contributed by atoms with E-state index < -0.39 is 0 Å². The molecule has 0 radical (unpaired) electrons. The van der Waals surface area contributed by atoms with Gasteiger partial charge in [0.25, 0.3) is 0 Å². The Labute approximate surface area is 85.8 Å². The monoisotopic (exact) mass is 187 g/mol. The van der Waals surface area contributed by atoms with Crippen molar-refractivity contribution in [1.29, 1.82) is 0 Å². The number of anilines is 1. The molecule has 0 bridgehead atoms. The minimum absolute atomic E-state index is 1.20. The summed E-state index contributed by atoms with van der Waals surface area (Å²) in [7, 11) is 0. The number of benzene rings is 1. The molecule has 1 aliphatic rings. The maximum absolute atomic E-state index is 3.47. The molecule has 0 unspecified atom stereocenters. The highest BCUT2D eigenvalue weighted by atomic mass is 14.9. The van der Waals surface area contributed by atoms with Crippen LogP contribution in [-0.2, 0) is 0 Å². The topological polar surface area (TPSA) is 12.0 Å². The molecule has 14 heavy (non-hydrogen) atoms. The second kappa shape index (κ2) is 4.32. The molecule has 0 saturated heterocycles. The molecule has 1 N–H and O–H groups in total. The highest BCUT2D eigenvalue weighted by Crippen LogP contribution is 2.20. The molecule has 0 amide bonds. The van der Waals surface area contributed by atoms with Gasteiger partial charge in [0.05, 0.1) is 0 Å². The van der Waals surface area contributed by atoms with Gasteiger partial charge in [-0.2, -0.15) is 0 Å². The number of aryl methyl sites for hydroxylation is 1. The van der Waals surface area contributed by atoms with E-state index in [1.165, 1.54) is 42.6 Å². The Bertz CT molecular complexity index is 322. The molecule has 1 aromatic carbocycles. The van der Waals surface area contributed by atoms with Gasteiger partial charge in [0, 0.05) is 11.4 Å². The average molecular weight is 187 g/mol. The van der Waals surface area contributed by atoms with Gasteiger partial charge in [-0.1, -0.05) is 23.8 Å². The van der Waals surface area contributed by atoms with E-state index in [0.29, 0.717) is 0 Å². The number of hydrogen-bond acceptors (Lipinski definition) is 1. The fourth-order valence-electron chi connectivity index (χ4n) is 1.77. The summed E-state index contributed by atoms with van der Waals surface area (Å²) in [6.07, 6.45) is 7.43. The molecule has 0 heterocycles. The van der Waals surface area contributed by atoms with Crippen LogP contribution in [0, 0.1) is 6.92 Å². The third-order valence-corrected chi connectivity index (χ3v) is 2.65. The lowest BCUT2D eigenvalue weighted by Crippen LogP contribution is -2.02. The van der Waals surface area contributed by atoms with Crippen molar-refractivity contribution >= 4 is 5.69 Å². The van der Waals surface area contributed by atoms with Crippen molar-refractivity contribution in [3.63, 3.8) is 0 Å². The molecule has 74 valence electrons. The van der Waals surface area contributed by atoms with Gasteiger partial charge < -0.3 is 5.32 Å². The van der Waals surface area contributed by atoms with Crippen molar-refractivity contribution in [3.8, 4) is 0 Å².